The molecule has 1 aromatic heterocycles. The Kier molecular flexibility index (Phi) is 4.14. The highest BCUT2D eigenvalue weighted by Gasteiger charge is 2.17. The fourth-order valence-electron chi connectivity index (χ4n) is 1.69. The van der Waals surface area contributed by atoms with Crippen LogP contribution in [0, 0.1) is 24.0 Å². The summed E-state index contributed by atoms with van der Waals surface area (Å²) < 4.78 is 5.29. The van der Waals surface area contributed by atoms with Crippen molar-refractivity contribution in [3.63, 3.8) is 0 Å². The summed E-state index contributed by atoms with van der Waals surface area (Å²) in [6, 6.07) is 8.24. The molecule has 0 saturated carbocycles. The highest BCUT2D eigenvalue weighted by molar-refractivity contribution is 7.14. The van der Waals surface area contributed by atoms with E-state index in [9.17, 15) is 14.9 Å². The average molecular weight is 291 g/mol. The average Bonchev–Trinajstić information content (AvgIpc) is 2.83. The van der Waals surface area contributed by atoms with Crippen molar-refractivity contribution in [3.05, 3.63) is 55.8 Å². The lowest BCUT2D eigenvalue weighted by Gasteiger charge is -2.06. The molecule has 6 heteroatoms. The largest absolute Gasteiger partial charge is 0.478 e. The van der Waals surface area contributed by atoms with Crippen LogP contribution in [0.3, 0.4) is 0 Å². The predicted molar refractivity (Wildman–Crippen MR) is 76.7 cm³/mol. The van der Waals surface area contributed by atoms with Gasteiger partial charge >= 0.3 is 5.69 Å². The molecule has 0 bridgehead atoms. The number of nitro benzene ring substituents is 1. The SMILES string of the molecule is Cc1ccc(OCC(=O)c2ccc(C)s2)c([N+](=O)[O-])c1. The van der Waals surface area contributed by atoms with Crippen LogP contribution in [0.5, 0.6) is 5.75 Å². The summed E-state index contributed by atoms with van der Waals surface area (Å²) in [5.74, 6) is -0.0693. The van der Waals surface area contributed by atoms with Crippen LogP contribution in [0.4, 0.5) is 5.69 Å². The highest BCUT2D eigenvalue weighted by Crippen LogP contribution is 2.28. The number of aryl methyl sites for hydroxylation is 2. The number of nitrogens with zero attached hydrogens (tertiary/aromatic N) is 1. The number of rotatable bonds is 5. The van der Waals surface area contributed by atoms with Gasteiger partial charge in [0.2, 0.25) is 5.78 Å². The second-order valence-electron chi connectivity index (χ2n) is 4.35. The first-order valence-electron chi connectivity index (χ1n) is 5.95. The molecule has 1 aromatic carbocycles. The maximum atomic E-state index is 11.9. The molecule has 0 aliphatic heterocycles. The van der Waals surface area contributed by atoms with E-state index in [0.29, 0.717) is 4.88 Å². The minimum absolute atomic E-state index is 0.113. The summed E-state index contributed by atoms with van der Waals surface area (Å²) in [5, 5.41) is 10.9. The summed E-state index contributed by atoms with van der Waals surface area (Å²) in [4.78, 5) is 23.9. The molecule has 5 nitrogen and oxygen atoms in total. The Hall–Kier alpha value is -2.21. The molecule has 2 rings (SSSR count). The van der Waals surface area contributed by atoms with Crippen LogP contribution in [-0.4, -0.2) is 17.3 Å². The molecule has 0 aliphatic carbocycles. The third-order valence-corrected chi connectivity index (χ3v) is 3.73. The van der Waals surface area contributed by atoms with Crippen LogP contribution >= 0.6 is 11.3 Å². The quantitative estimate of drug-likeness (QED) is 0.480. The topological polar surface area (TPSA) is 69.4 Å². The smallest absolute Gasteiger partial charge is 0.311 e. The minimum Gasteiger partial charge on any atom is -0.478 e. The van der Waals surface area contributed by atoms with Crippen molar-refractivity contribution in [1.82, 2.24) is 0 Å². The van der Waals surface area contributed by atoms with Crippen molar-refractivity contribution >= 4 is 22.8 Å². The Bertz CT molecular complexity index is 663. The third kappa shape index (κ3) is 3.21. The second-order valence-corrected chi connectivity index (χ2v) is 5.64. The number of nitro groups is 1. The van der Waals surface area contributed by atoms with E-state index in [4.69, 9.17) is 4.74 Å². The van der Waals surface area contributed by atoms with Crippen molar-refractivity contribution in [2.45, 2.75) is 13.8 Å². The van der Waals surface area contributed by atoms with Crippen LogP contribution in [0.15, 0.2) is 30.3 Å². The Balaban J connectivity index is 2.11. The Morgan fingerprint density at radius 3 is 2.65 bits per heavy atom. The van der Waals surface area contributed by atoms with E-state index in [-0.39, 0.29) is 23.8 Å². The number of Topliss-reactive ketones (excluding diaryl/α,β-unsaturated/α-hetero) is 1. The van der Waals surface area contributed by atoms with Crippen molar-refractivity contribution in [2.24, 2.45) is 0 Å². The molecule has 0 N–H and O–H groups in total. The van der Waals surface area contributed by atoms with Crippen molar-refractivity contribution in [1.29, 1.82) is 0 Å². The highest BCUT2D eigenvalue weighted by atomic mass is 32.1. The molecule has 0 radical (unpaired) electrons. The van der Waals surface area contributed by atoms with Gasteiger partial charge in [-0.1, -0.05) is 6.07 Å². The molecule has 0 aliphatic rings. The van der Waals surface area contributed by atoms with Crippen molar-refractivity contribution in [2.75, 3.05) is 6.61 Å². The molecular weight excluding hydrogens is 278 g/mol. The zero-order valence-corrected chi connectivity index (χ0v) is 11.9. The van der Waals surface area contributed by atoms with Gasteiger partial charge in [-0.15, -0.1) is 11.3 Å². The van der Waals surface area contributed by atoms with Gasteiger partial charge in [-0.05, 0) is 37.6 Å². The van der Waals surface area contributed by atoms with E-state index in [2.05, 4.69) is 0 Å². The van der Waals surface area contributed by atoms with E-state index in [1.807, 2.05) is 13.0 Å². The second kappa shape index (κ2) is 5.83. The van der Waals surface area contributed by atoms with Crippen molar-refractivity contribution in [3.8, 4) is 5.75 Å². The fraction of sp³-hybridized carbons (Fsp3) is 0.214. The van der Waals surface area contributed by atoms with Gasteiger partial charge < -0.3 is 4.74 Å². The Labute approximate surface area is 120 Å². The number of carbonyl (C=O) groups excluding carboxylic acids is 1. The zero-order chi connectivity index (χ0) is 14.7. The van der Waals surface area contributed by atoms with Crippen LogP contribution in [0.1, 0.15) is 20.1 Å². The fourth-order valence-corrected chi connectivity index (χ4v) is 2.48. The van der Waals surface area contributed by atoms with E-state index in [1.54, 1.807) is 19.1 Å². The number of thiophene rings is 1. The van der Waals surface area contributed by atoms with Crippen LogP contribution in [-0.2, 0) is 0 Å². The molecule has 0 saturated heterocycles. The van der Waals surface area contributed by atoms with E-state index in [0.717, 1.165) is 10.4 Å². The molecule has 20 heavy (non-hydrogen) atoms. The zero-order valence-electron chi connectivity index (χ0n) is 11.1. The van der Waals surface area contributed by atoms with E-state index < -0.39 is 4.92 Å². The van der Waals surface area contributed by atoms with Gasteiger partial charge in [-0.3, -0.25) is 14.9 Å². The number of benzene rings is 1. The minimum atomic E-state index is -0.512. The van der Waals surface area contributed by atoms with Gasteiger partial charge in [0.15, 0.2) is 12.4 Å². The summed E-state index contributed by atoms with van der Waals surface area (Å²) in [6.07, 6.45) is 0. The maximum Gasteiger partial charge on any atom is 0.311 e. The first-order valence-corrected chi connectivity index (χ1v) is 6.76. The summed E-state index contributed by atoms with van der Waals surface area (Å²) in [7, 11) is 0. The number of hydrogen-bond donors (Lipinski definition) is 0. The van der Waals surface area contributed by atoms with E-state index in [1.165, 1.54) is 23.5 Å². The summed E-state index contributed by atoms with van der Waals surface area (Å²) in [5.41, 5.74) is 0.643. The van der Waals surface area contributed by atoms with Crippen molar-refractivity contribution < 1.29 is 14.5 Å². The molecule has 0 atom stereocenters. The lowest BCUT2D eigenvalue weighted by Crippen LogP contribution is -2.11. The van der Waals surface area contributed by atoms with Crippen LogP contribution < -0.4 is 4.74 Å². The molecule has 104 valence electrons. The lowest BCUT2D eigenvalue weighted by molar-refractivity contribution is -0.385. The molecule has 0 fully saturated rings. The lowest BCUT2D eigenvalue weighted by atomic mass is 10.2. The van der Waals surface area contributed by atoms with Crippen LogP contribution in [0.25, 0.3) is 0 Å². The number of ketones is 1. The monoisotopic (exact) mass is 291 g/mol. The summed E-state index contributed by atoms with van der Waals surface area (Å²) >= 11 is 1.38. The van der Waals surface area contributed by atoms with Gasteiger partial charge in [0, 0.05) is 10.9 Å². The first-order chi connectivity index (χ1) is 9.47. The maximum absolute atomic E-state index is 11.9. The van der Waals surface area contributed by atoms with Gasteiger partial charge in [-0.2, -0.15) is 0 Å². The molecule has 0 unspecified atom stereocenters. The standard InChI is InChI=1S/C14H13NO4S/c1-9-3-5-13(11(7-9)15(17)18)19-8-12(16)14-6-4-10(2)20-14/h3-7H,8H2,1-2H3. The normalized spacial score (nSPS) is 10.3. The molecule has 0 amide bonds. The van der Waals surface area contributed by atoms with Gasteiger partial charge in [0.1, 0.15) is 0 Å². The number of ether oxygens (including phenoxy) is 1. The Morgan fingerprint density at radius 2 is 2.05 bits per heavy atom. The van der Waals surface area contributed by atoms with Gasteiger partial charge in [0.25, 0.3) is 0 Å². The molecule has 0 spiro atoms. The molecule has 1 heterocycles. The van der Waals surface area contributed by atoms with Crippen LogP contribution in [0.2, 0.25) is 0 Å². The molecule has 2 aromatic rings. The van der Waals surface area contributed by atoms with E-state index >= 15 is 0 Å². The Morgan fingerprint density at radius 1 is 1.30 bits per heavy atom. The number of carbonyl (C=O) groups is 1. The number of hydrogen-bond acceptors (Lipinski definition) is 5. The predicted octanol–water partition coefficient (Wildman–Crippen LogP) is 3.53. The first kappa shape index (κ1) is 14.2. The third-order valence-electron chi connectivity index (χ3n) is 2.69. The van der Waals surface area contributed by atoms with Gasteiger partial charge in [-0.25, -0.2) is 0 Å². The summed E-state index contributed by atoms with van der Waals surface area (Å²) in [6.45, 7) is 3.47. The van der Waals surface area contributed by atoms with Gasteiger partial charge in [0.05, 0.1) is 9.80 Å². The molecular formula is C14H13NO4S.